The summed E-state index contributed by atoms with van der Waals surface area (Å²) < 4.78 is 86.7. The van der Waals surface area contributed by atoms with Gasteiger partial charge in [0, 0.05) is 21.0 Å². The topological polar surface area (TPSA) is 47.6 Å². The molecule has 184 valence electrons. The number of thioether (sulfide) groups is 2. The van der Waals surface area contributed by atoms with Crippen LogP contribution in [0.1, 0.15) is 11.1 Å². The first-order valence-corrected chi connectivity index (χ1v) is 12.5. The standard InChI is InChI=1S/C27H12F6N2S2/c28-25(29)21-17-11-19(15-7-3-1-4-8-15)36-23(17,13-34)24(14-35)18(22(21)26(30,31)27(25,32)33)12-20(37-24)16-9-5-2-6-10-16/h1-12H. The molecule has 0 radical (unpaired) electrons. The van der Waals surface area contributed by atoms with Crippen LogP contribution >= 0.6 is 23.5 Å². The maximum atomic E-state index is 15.4. The third kappa shape index (κ3) is 2.65. The summed E-state index contributed by atoms with van der Waals surface area (Å²) in [7, 11) is 0. The molecule has 0 bridgehead atoms. The molecular weight excluding hydrogens is 530 g/mol. The molecule has 0 amide bonds. The Balaban J connectivity index is 1.74. The molecule has 2 nitrogen and oxygen atoms in total. The van der Waals surface area contributed by atoms with Crippen molar-refractivity contribution in [2.75, 3.05) is 0 Å². The number of allylic oxidation sites excluding steroid dienone is 4. The molecule has 4 aliphatic rings. The van der Waals surface area contributed by atoms with E-state index in [1.807, 2.05) is 12.1 Å². The number of rotatable bonds is 2. The van der Waals surface area contributed by atoms with Gasteiger partial charge >= 0.3 is 17.8 Å². The summed E-state index contributed by atoms with van der Waals surface area (Å²) in [5.74, 6) is -16.3. The Kier molecular flexibility index (Phi) is 4.78. The third-order valence-corrected chi connectivity index (χ3v) is 10.1. The normalized spacial score (nSPS) is 30.1. The van der Waals surface area contributed by atoms with Crippen LogP contribution < -0.4 is 0 Å². The van der Waals surface area contributed by atoms with Crippen molar-refractivity contribution in [3.63, 3.8) is 0 Å². The molecule has 0 N–H and O–H groups in total. The van der Waals surface area contributed by atoms with Crippen LogP contribution in [0.5, 0.6) is 0 Å². The molecule has 1 fully saturated rings. The Morgan fingerprint density at radius 3 is 1.24 bits per heavy atom. The number of hydrogen-bond acceptors (Lipinski definition) is 4. The van der Waals surface area contributed by atoms with Crippen molar-refractivity contribution in [2.24, 2.45) is 0 Å². The minimum atomic E-state index is -5.76. The van der Waals surface area contributed by atoms with Gasteiger partial charge in [-0.3, -0.25) is 0 Å². The number of alkyl halides is 6. The number of halogens is 6. The van der Waals surface area contributed by atoms with E-state index in [1.165, 1.54) is 0 Å². The molecule has 10 heteroatoms. The predicted molar refractivity (Wildman–Crippen MR) is 130 cm³/mol. The number of fused-ring (bicyclic) bond motifs is 4. The largest absolute Gasteiger partial charge is 0.380 e. The van der Waals surface area contributed by atoms with E-state index >= 15 is 17.6 Å². The summed E-state index contributed by atoms with van der Waals surface area (Å²) in [6.45, 7) is 0. The first-order chi connectivity index (χ1) is 17.5. The van der Waals surface area contributed by atoms with E-state index in [4.69, 9.17) is 0 Å². The molecule has 2 heterocycles. The molecule has 0 aromatic heterocycles. The maximum absolute atomic E-state index is 15.4. The Bertz CT molecular complexity index is 1460. The first-order valence-electron chi connectivity index (χ1n) is 10.9. The summed E-state index contributed by atoms with van der Waals surface area (Å²) in [6.07, 6.45) is 2.17. The van der Waals surface area contributed by atoms with Crippen LogP contribution in [0.3, 0.4) is 0 Å². The highest BCUT2D eigenvalue weighted by Crippen LogP contribution is 2.75. The number of nitriles is 2. The molecule has 2 atom stereocenters. The Labute approximate surface area is 215 Å². The smallest absolute Gasteiger partial charge is 0.196 e. The minimum absolute atomic E-state index is 0.239. The number of benzene rings is 2. The van der Waals surface area contributed by atoms with Crippen LogP contribution in [0.15, 0.2) is 95.1 Å². The van der Waals surface area contributed by atoms with Gasteiger partial charge in [0.15, 0.2) is 9.49 Å². The van der Waals surface area contributed by atoms with Crippen LogP contribution in [-0.4, -0.2) is 27.3 Å². The minimum Gasteiger partial charge on any atom is -0.196 e. The number of hydrogen-bond donors (Lipinski definition) is 0. The van der Waals surface area contributed by atoms with E-state index in [-0.39, 0.29) is 9.81 Å². The van der Waals surface area contributed by atoms with Crippen LogP contribution in [-0.2, 0) is 0 Å². The van der Waals surface area contributed by atoms with Crippen molar-refractivity contribution >= 4 is 33.3 Å². The van der Waals surface area contributed by atoms with Gasteiger partial charge in [0.1, 0.15) is 0 Å². The summed E-state index contributed by atoms with van der Waals surface area (Å²) in [6, 6.07) is 20.3. The van der Waals surface area contributed by atoms with Gasteiger partial charge in [0.25, 0.3) is 0 Å². The fourth-order valence-corrected chi connectivity index (χ4v) is 8.23. The molecule has 0 spiro atoms. The van der Waals surface area contributed by atoms with Crippen LogP contribution in [0.2, 0.25) is 0 Å². The lowest BCUT2D eigenvalue weighted by Crippen LogP contribution is -2.51. The molecule has 6 rings (SSSR count). The summed E-state index contributed by atoms with van der Waals surface area (Å²) in [5, 5.41) is 21.0. The van der Waals surface area contributed by atoms with Crippen molar-refractivity contribution < 1.29 is 26.3 Å². The highest BCUT2D eigenvalue weighted by atomic mass is 32.2. The van der Waals surface area contributed by atoms with Gasteiger partial charge in [0.05, 0.1) is 12.1 Å². The molecule has 2 aromatic carbocycles. The maximum Gasteiger partial charge on any atom is 0.380 e. The van der Waals surface area contributed by atoms with Crippen molar-refractivity contribution in [3.8, 4) is 12.1 Å². The molecule has 2 aliphatic heterocycles. The summed E-state index contributed by atoms with van der Waals surface area (Å²) in [4.78, 5) is 0.478. The van der Waals surface area contributed by atoms with Crippen LogP contribution in [0, 0.1) is 22.7 Å². The van der Waals surface area contributed by atoms with Gasteiger partial charge in [-0.05, 0) is 34.4 Å². The van der Waals surface area contributed by atoms with Crippen molar-refractivity contribution in [1.29, 1.82) is 10.5 Å². The first kappa shape index (κ1) is 24.0. The van der Waals surface area contributed by atoms with Crippen LogP contribution in [0.4, 0.5) is 26.3 Å². The Hall–Kier alpha value is -3.34. The van der Waals surface area contributed by atoms with E-state index in [2.05, 4.69) is 0 Å². The lowest BCUT2D eigenvalue weighted by Gasteiger charge is -2.42. The second-order valence-corrected chi connectivity index (χ2v) is 11.4. The van der Waals surface area contributed by atoms with Gasteiger partial charge in [-0.1, -0.05) is 84.2 Å². The van der Waals surface area contributed by atoms with Crippen molar-refractivity contribution in [3.05, 3.63) is 106 Å². The Morgan fingerprint density at radius 2 is 0.919 bits per heavy atom. The van der Waals surface area contributed by atoms with Gasteiger partial charge in [-0.25, -0.2) is 0 Å². The van der Waals surface area contributed by atoms with Gasteiger partial charge in [-0.15, -0.1) is 0 Å². The lowest BCUT2D eigenvalue weighted by atomic mass is 9.70. The predicted octanol–water partition coefficient (Wildman–Crippen LogP) is 7.61. The van der Waals surface area contributed by atoms with Gasteiger partial charge in [-0.2, -0.15) is 36.9 Å². The molecular formula is C27H12F6N2S2. The SMILES string of the molecule is N#CC12SC(c3ccccc3)=CC1=C1C(=C3C=C(c4ccccc4)SC32C#N)C(F)(F)C(F)(F)C1(F)F. The van der Waals surface area contributed by atoms with Gasteiger partial charge < -0.3 is 0 Å². The second kappa shape index (κ2) is 7.37. The quantitative estimate of drug-likeness (QED) is 0.367. The highest BCUT2D eigenvalue weighted by Gasteiger charge is 2.85. The summed E-state index contributed by atoms with van der Waals surface area (Å²) in [5.41, 5.74) is -3.57. The zero-order chi connectivity index (χ0) is 26.4. The molecule has 2 unspecified atom stereocenters. The average Bonchev–Trinajstić information content (AvgIpc) is 3.51. The fourth-order valence-electron chi connectivity index (χ4n) is 5.23. The zero-order valence-corrected chi connectivity index (χ0v) is 20.0. The number of nitrogens with zero attached hydrogens (tertiary/aromatic N) is 2. The summed E-state index contributed by atoms with van der Waals surface area (Å²) >= 11 is 1.50. The monoisotopic (exact) mass is 542 g/mol. The second-order valence-electron chi connectivity index (χ2n) is 8.84. The van der Waals surface area contributed by atoms with E-state index < -0.39 is 49.6 Å². The molecule has 2 aromatic rings. The lowest BCUT2D eigenvalue weighted by molar-refractivity contribution is -0.258. The molecule has 2 aliphatic carbocycles. The molecule has 1 saturated carbocycles. The van der Waals surface area contributed by atoms with E-state index in [9.17, 15) is 19.3 Å². The Morgan fingerprint density at radius 1 is 0.568 bits per heavy atom. The average molecular weight is 543 g/mol. The molecule has 37 heavy (non-hydrogen) atoms. The molecule has 0 saturated heterocycles. The van der Waals surface area contributed by atoms with E-state index in [0.717, 1.165) is 35.7 Å². The third-order valence-electron chi connectivity index (χ3n) is 6.97. The zero-order valence-electron chi connectivity index (χ0n) is 18.4. The van der Waals surface area contributed by atoms with E-state index in [1.54, 1.807) is 60.7 Å². The van der Waals surface area contributed by atoms with Crippen molar-refractivity contribution in [2.45, 2.75) is 27.3 Å². The van der Waals surface area contributed by atoms with E-state index in [0.29, 0.717) is 11.1 Å². The van der Waals surface area contributed by atoms with Crippen molar-refractivity contribution in [1.82, 2.24) is 0 Å². The fraction of sp³-hybridized carbons (Fsp3) is 0.185. The van der Waals surface area contributed by atoms with Gasteiger partial charge in [0.2, 0.25) is 0 Å². The van der Waals surface area contributed by atoms with Crippen LogP contribution in [0.25, 0.3) is 9.81 Å². The highest BCUT2D eigenvalue weighted by molar-refractivity contribution is 8.14.